The summed E-state index contributed by atoms with van der Waals surface area (Å²) in [5.41, 5.74) is 1.89. The first-order valence-electron chi connectivity index (χ1n) is 10.0. The van der Waals surface area contributed by atoms with Crippen molar-refractivity contribution in [2.45, 2.75) is 25.3 Å². The van der Waals surface area contributed by atoms with Crippen molar-refractivity contribution in [3.8, 4) is 5.88 Å². The maximum atomic E-state index is 13.9. The minimum Gasteiger partial charge on any atom is -0.481 e. The third-order valence-electron chi connectivity index (χ3n) is 5.37. The van der Waals surface area contributed by atoms with E-state index in [1.165, 1.54) is 13.2 Å². The number of aromatic amines is 1. The largest absolute Gasteiger partial charge is 0.481 e. The summed E-state index contributed by atoms with van der Waals surface area (Å²) < 4.78 is 19.3. The molecule has 11 heteroatoms. The molecule has 0 bridgehead atoms. The standard InChI is InChI=1S/C20H23ClFN7O2/c1-28(7-4-6-21)19(30)17-16-14(26-27-17)11-24-20(25-16)29-8-3-5-15(29)13-9-12(22)10-23-18(13)31-2/h9-11,15H,3-8H2,1-2H3,(H,26,27). The van der Waals surface area contributed by atoms with E-state index in [1.54, 1.807) is 18.1 Å². The van der Waals surface area contributed by atoms with Gasteiger partial charge >= 0.3 is 0 Å². The van der Waals surface area contributed by atoms with Crippen molar-refractivity contribution in [3.63, 3.8) is 0 Å². The first-order valence-corrected chi connectivity index (χ1v) is 10.6. The van der Waals surface area contributed by atoms with Crippen LogP contribution in [-0.4, -0.2) is 69.1 Å². The van der Waals surface area contributed by atoms with E-state index in [0.29, 0.717) is 53.8 Å². The Balaban J connectivity index is 1.68. The van der Waals surface area contributed by atoms with Gasteiger partial charge in [-0.05, 0) is 25.3 Å². The number of rotatable bonds is 7. The molecule has 3 aromatic heterocycles. The number of pyridine rings is 1. The highest BCUT2D eigenvalue weighted by Crippen LogP contribution is 2.38. The van der Waals surface area contributed by atoms with Crippen molar-refractivity contribution in [3.05, 3.63) is 35.5 Å². The summed E-state index contributed by atoms with van der Waals surface area (Å²) in [4.78, 5) is 29.5. The second kappa shape index (κ2) is 9.01. The van der Waals surface area contributed by atoms with Crippen LogP contribution in [-0.2, 0) is 0 Å². The molecule has 1 fully saturated rings. The van der Waals surface area contributed by atoms with E-state index in [2.05, 4.69) is 25.1 Å². The number of aromatic nitrogens is 5. The predicted molar refractivity (Wildman–Crippen MR) is 114 cm³/mol. The lowest BCUT2D eigenvalue weighted by molar-refractivity contribution is 0.0791. The number of nitrogens with one attached hydrogen (secondary N) is 1. The van der Waals surface area contributed by atoms with Gasteiger partial charge in [-0.25, -0.2) is 19.3 Å². The van der Waals surface area contributed by atoms with Crippen LogP contribution in [0.4, 0.5) is 10.3 Å². The molecule has 1 aliphatic heterocycles. The fourth-order valence-electron chi connectivity index (χ4n) is 3.85. The highest BCUT2D eigenvalue weighted by molar-refractivity contribution is 6.17. The van der Waals surface area contributed by atoms with Gasteiger partial charge in [0, 0.05) is 31.6 Å². The molecule has 1 atom stereocenters. The van der Waals surface area contributed by atoms with Crippen LogP contribution < -0.4 is 9.64 Å². The number of ether oxygens (including phenoxy) is 1. The molecule has 164 valence electrons. The maximum absolute atomic E-state index is 13.9. The van der Waals surface area contributed by atoms with Crippen LogP contribution in [0.3, 0.4) is 0 Å². The molecular weight excluding hydrogens is 425 g/mol. The van der Waals surface area contributed by atoms with Gasteiger partial charge in [0.05, 0.1) is 25.5 Å². The van der Waals surface area contributed by atoms with Crippen molar-refractivity contribution in [2.24, 2.45) is 0 Å². The number of halogens is 2. The zero-order valence-electron chi connectivity index (χ0n) is 17.3. The Morgan fingerprint density at radius 2 is 2.26 bits per heavy atom. The molecule has 4 heterocycles. The summed E-state index contributed by atoms with van der Waals surface area (Å²) in [7, 11) is 3.22. The average molecular weight is 448 g/mol. The van der Waals surface area contributed by atoms with E-state index in [9.17, 15) is 9.18 Å². The van der Waals surface area contributed by atoms with Crippen LogP contribution in [0.15, 0.2) is 18.5 Å². The molecule has 0 saturated carbocycles. The number of nitrogens with zero attached hydrogens (tertiary/aromatic N) is 6. The molecule has 1 N–H and O–H groups in total. The Labute approximate surface area is 183 Å². The first kappa shape index (κ1) is 21.2. The Morgan fingerprint density at radius 3 is 3.03 bits per heavy atom. The smallest absolute Gasteiger partial charge is 0.276 e. The third kappa shape index (κ3) is 4.12. The topological polar surface area (TPSA) is 100 Å². The van der Waals surface area contributed by atoms with Crippen LogP contribution in [0.25, 0.3) is 11.0 Å². The van der Waals surface area contributed by atoms with Crippen molar-refractivity contribution in [1.82, 2.24) is 30.0 Å². The van der Waals surface area contributed by atoms with Gasteiger partial charge in [0.2, 0.25) is 11.8 Å². The number of methoxy groups -OCH3 is 1. The molecule has 0 spiro atoms. The number of carbonyl (C=O) groups excluding carboxylic acids is 1. The molecular formula is C20H23ClFN7O2. The maximum Gasteiger partial charge on any atom is 0.276 e. The van der Waals surface area contributed by atoms with Crippen molar-refractivity contribution in [2.75, 3.05) is 38.0 Å². The molecule has 1 aliphatic rings. The van der Waals surface area contributed by atoms with Gasteiger partial charge in [-0.3, -0.25) is 9.89 Å². The van der Waals surface area contributed by atoms with Crippen LogP contribution in [0.1, 0.15) is 41.4 Å². The zero-order chi connectivity index (χ0) is 22.0. The molecule has 3 aromatic rings. The molecule has 1 unspecified atom stereocenters. The number of alkyl halides is 1. The van der Waals surface area contributed by atoms with E-state index >= 15 is 0 Å². The summed E-state index contributed by atoms with van der Waals surface area (Å²) in [6, 6.07) is 1.25. The highest BCUT2D eigenvalue weighted by atomic mass is 35.5. The number of carbonyl (C=O) groups is 1. The molecule has 0 radical (unpaired) electrons. The van der Waals surface area contributed by atoms with Crippen molar-refractivity contribution < 1.29 is 13.9 Å². The molecule has 9 nitrogen and oxygen atoms in total. The van der Waals surface area contributed by atoms with Crippen LogP contribution >= 0.6 is 11.6 Å². The summed E-state index contributed by atoms with van der Waals surface area (Å²) in [6.45, 7) is 1.21. The van der Waals surface area contributed by atoms with Gasteiger partial charge in [-0.1, -0.05) is 0 Å². The van der Waals surface area contributed by atoms with Gasteiger partial charge in [0.25, 0.3) is 5.91 Å². The Hall–Kier alpha value is -3.01. The van der Waals surface area contributed by atoms with Gasteiger partial charge in [0.1, 0.15) is 16.9 Å². The molecule has 0 aliphatic carbocycles. The van der Waals surface area contributed by atoms with Crippen molar-refractivity contribution >= 4 is 34.5 Å². The number of hydrogen-bond acceptors (Lipinski definition) is 7. The lowest BCUT2D eigenvalue weighted by Crippen LogP contribution is -2.29. The summed E-state index contributed by atoms with van der Waals surface area (Å²) in [5, 5.41) is 6.98. The lowest BCUT2D eigenvalue weighted by Gasteiger charge is -2.25. The van der Waals surface area contributed by atoms with Gasteiger partial charge in [-0.15, -0.1) is 11.6 Å². The number of hydrogen-bond donors (Lipinski definition) is 1. The highest BCUT2D eigenvalue weighted by Gasteiger charge is 2.32. The van der Waals surface area contributed by atoms with Crippen molar-refractivity contribution in [1.29, 1.82) is 0 Å². The minimum absolute atomic E-state index is 0.187. The molecule has 4 rings (SSSR count). The first-order chi connectivity index (χ1) is 15.0. The lowest BCUT2D eigenvalue weighted by atomic mass is 10.1. The van der Waals surface area contributed by atoms with Gasteiger partial charge in [-0.2, -0.15) is 5.10 Å². The Bertz CT molecular complexity index is 1090. The molecule has 1 amide bonds. The quantitative estimate of drug-likeness (QED) is 0.556. The fourth-order valence-corrected chi connectivity index (χ4v) is 3.97. The van der Waals surface area contributed by atoms with Gasteiger partial charge in [0.15, 0.2) is 5.69 Å². The Kier molecular flexibility index (Phi) is 6.17. The number of anilines is 1. The normalized spacial score (nSPS) is 16.1. The van der Waals surface area contributed by atoms with E-state index in [1.807, 2.05) is 4.90 Å². The second-order valence-electron chi connectivity index (χ2n) is 7.38. The molecule has 1 saturated heterocycles. The van der Waals surface area contributed by atoms with E-state index in [0.717, 1.165) is 19.0 Å². The Morgan fingerprint density at radius 1 is 1.42 bits per heavy atom. The summed E-state index contributed by atoms with van der Waals surface area (Å²) >= 11 is 5.74. The SMILES string of the molecule is COc1ncc(F)cc1C1CCCN1c1ncc2[nH]nc(C(=O)N(C)CCCCl)c2n1. The zero-order valence-corrected chi connectivity index (χ0v) is 18.1. The second-order valence-corrected chi connectivity index (χ2v) is 7.76. The predicted octanol–water partition coefficient (Wildman–Crippen LogP) is 2.94. The average Bonchev–Trinajstić information content (AvgIpc) is 3.43. The summed E-state index contributed by atoms with van der Waals surface area (Å²) in [6.07, 6.45) is 5.08. The monoisotopic (exact) mass is 447 g/mol. The number of fused-ring (bicyclic) bond motifs is 1. The number of H-pyrrole nitrogens is 1. The fraction of sp³-hybridized carbons (Fsp3) is 0.450. The van der Waals surface area contributed by atoms with Gasteiger partial charge < -0.3 is 14.5 Å². The molecule has 0 aromatic carbocycles. The van der Waals surface area contributed by atoms with E-state index in [4.69, 9.17) is 16.3 Å². The molecule has 31 heavy (non-hydrogen) atoms. The van der Waals surface area contributed by atoms with Crippen LogP contribution in [0.2, 0.25) is 0 Å². The van der Waals surface area contributed by atoms with E-state index in [-0.39, 0.29) is 17.6 Å². The summed E-state index contributed by atoms with van der Waals surface area (Å²) in [5.74, 6) is 0.622. The van der Waals surface area contributed by atoms with Crippen LogP contribution in [0, 0.1) is 5.82 Å². The number of amides is 1. The minimum atomic E-state index is -0.429. The van der Waals surface area contributed by atoms with Crippen LogP contribution in [0.5, 0.6) is 5.88 Å². The van der Waals surface area contributed by atoms with E-state index < -0.39 is 5.82 Å². The third-order valence-corrected chi connectivity index (χ3v) is 5.64.